The van der Waals surface area contributed by atoms with Crippen LogP contribution < -0.4 is 0 Å². The highest BCUT2D eigenvalue weighted by molar-refractivity contribution is 5.37. The van der Waals surface area contributed by atoms with Gasteiger partial charge in [-0.05, 0) is 13.3 Å². The molecule has 1 atom stereocenters. The van der Waals surface area contributed by atoms with Crippen LogP contribution in [0.15, 0.2) is 0 Å². The molecular weight excluding hydrogens is 189 g/mol. The lowest BCUT2D eigenvalue weighted by atomic mass is 10.0. The summed E-state index contributed by atoms with van der Waals surface area (Å²) in [5.74, 6) is -4.73. The number of rotatable bonds is 0. The van der Waals surface area contributed by atoms with Crippen LogP contribution in [-0.2, 0) is 12.3 Å². The Bertz CT molecular complexity index is 382. The minimum absolute atomic E-state index is 0.109. The Morgan fingerprint density at radius 2 is 2.00 bits per heavy atom. The molecule has 0 aromatic heterocycles. The minimum Gasteiger partial charge on any atom is -0.205 e. The Hall–Kier alpha value is -1.17. The summed E-state index contributed by atoms with van der Waals surface area (Å²) in [6, 6.07) is 5.12. The molecule has 14 heavy (non-hydrogen) atoms. The predicted molar refractivity (Wildman–Crippen MR) is 45.6 cm³/mol. The lowest BCUT2D eigenvalue weighted by Gasteiger charge is -2.15. The van der Waals surface area contributed by atoms with Gasteiger partial charge in [-0.2, -0.15) is 0 Å². The average molecular weight is 198 g/mol. The molecule has 0 bridgehead atoms. The van der Waals surface area contributed by atoms with Crippen molar-refractivity contribution >= 4 is 0 Å². The molecule has 0 aliphatic heterocycles. The average Bonchev–Trinajstić information content (AvgIpc) is 2.32. The molecule has 0 saturated carbocycles. The summed E-state index contributed by atoms with van der Waals surface area (Å²) in [7, 11) is 0. The molecule has 0 amide bonds. The highest BCUT2D eigenvalue weighted by Gasteiger charge is 2.48. The van der Waals surface area contributed by atoms with Crippen molar-refractivity contribution in [3.05, 3.63) is 34.6 Å². The zero-order chi connectivity index (χ0) is 10.5. The van der Waals surface area contributed by atoms with Gasteiger partial charge in [0.25, 0.3) is 5.92 Å². The van der Waals surface area contributed by atoms with E-state index in [0.717, 1.165) is 0 Å². The second-order valence-corrected chi connectivity index (χ2v) is 3.77. The van der Waals surface area contributed by atoms with Crippen molar-refractivity contribution in [1.29, 1.82) is 0 Å². The lowest BCUT2D eigenvalue weighted by molar-refractivity contribution is -0.0478. The van der Waals surface area contributed by atoms with Gasteiger partial charge in [0.15, 0.2) is 0 Å². The summed E-state index contributed by atoms with van der Waals surface area (Å²) in [5, 5.41) is 0. The van der Waals surface area contributed by atoms with Gasteiger partial charge in [0.2, 0.25) is 0 Å². The molecule has 0 spiro atoms. The Balaban J connectivity index is 2.68. The minimum atomic E-state index is -3.06. The maximum Gasteiger partial charge on any atom is 0.279 e. The molecule has 0 fully saturated rings. The summed E-state index contributed by atoms with van der Waals surface area (Å²) in [6.45, 7) is 2.84. The molecule has 0 nitrogen and oxygen atoms in total. The molecule has 1 aliphatic carbocycles. The second-order valence-electron chi connectivity index (χ2n) is 3.77. The van der Waals surface area contributed by atoms with Crippen LogP contribution in [0.5, 0.6) is 0 Å². The fraction of sp³-hybridized carbons (Fsp3) is 0.455. The van der Waals surface area contributed by atoms with Gasteiger partial charge < -0.3 is 0 Å². The van der Waals surface area contributed by atoms with E-state index in [2.05, 4.69) is 12.1 Å². The smallest absolute Gasteiger partial charge is 0.205 e. The van der Waals surface area contributed by atoms with Crippen molar-refractivity contribution in [2.75, 3.05) is 0 Å². The van der Waals surface area contributed by atoms with E-state index in [1.54, 1.807) is 0 Å². The monoisotopic (exact) mass is 198 g/mol. The molecule has 1 unspecified atom stereocenters. The van der Waals surface area contributed by atoms with Crippen molar-refractivity contribution in [3.8, 4) is 0 Å². The molecule has 0 radical (unpaired) electrons. The van der Waals surface area contributed by atoms with Gasteiger partial charge in [0.05, 0.1) is 5.56 Å². The molecule has 0 saturated heterocycles. The third-order valence-corrected chi connectivity index (χ3v) is 2.71. The van der Waals surface area contributed by atoms with Crippen LogP contribution in [0, 0.1) is 30.8 Å². The van der Waals surface area contributed by atoms with Crippen molar-refractivity contribution < 1.29 is 13.2 Å². The number of fused-ring (bicyclic) bond motifs is 1. The highest BCUT2D eigenvalue weighted by atomic mass is 19.3. The van der Waals surface area contributed by atoms with Gasteiger partial charge in [-0.1, -0.05) is 19.1 Å². The fourth-order valence-electron chi connectivity index (χ4n) is 1.79. The third kappa shape index (κ3) is 1.03. The molecule has 1 aromatic rings. The zero-order valence-corrected chi connectivity index (χ0v) is 7.92. The first-order valence-electron chi connectivity index (χ1n) is 4.44. The van der Waals surface area contributed by atoms with Crippen LogP contribution in [0.25, 0.3) is 0 Å². The van der Waals surface area contributed by atoms with E-state index in [-0.39, 0.29) is 17.5 Å². The van der Waals surface area contributed by atoms with Crippen LogP contribution in [0.2, 0.25) is 0 Å². The molecule has 1 aromatic carbocycles. The van der Waals surface area contributed by atoms with Crippen molar-refractivity contribution in [3.63, 3.8) is 0 Å². The van der Waals surface area contributed by atoms with Gasteiger partial charge in [-0.15, -0.1) is 0 Å². The third-order valence-electron chi connectivity index (χ3n) is 2.71. The predicted octanol–water partition coefficient (Wildman–Crippen LogP) is 3.02. The number of alkyl halides is 2. The first kappa shape index (κ1) is 9.39. The number of hydrogen-bond acceptors (Lipinski definition) is 0. The summed E-state index contributed by atoms with van der Waals surface area (Å²) in [5.41, 5.74) is -0.0932. The lowest BCUT2D eigenvalue weighted by Crippen LogP contribution is -2.19. The van der Waals surface area contributed by atoms with Crippen LogP contribution in [-0.4, -0.2) is 0 Å². The summed E-state index contributed by atoms with van der Waals surface area (Å²) >= 11 is 0. The van der Waals surface area contributed by atoms with E-state index in [4.69, 9.17) is 0 Å². The SMILES string of the molecule is Cc1c#cc2c(c1F)C(F)(F)C(C)C2. The highest BCUT2D eigenvalue weighted by Crippen LogP contribution is 2.46. The molecule has 0 heterocycles. The van der Waals surface area contributed by atoms with Crippen molar-refractivity contribution in [2.45, 2.75) is 26.2 Å². The maximum atomic E-state index is 13.5. The Labute approximate surface area is 80.7 Å². The normalized spacial score (nSPS) is 23.1. The quantitative estimate of drug-likeness (QED) is 0.601. The Kier molecular flexibility index (Phi) is 1.79. The zero-order valence-electron chi connectivity index (χ0n) is 7.92. The second kappa shape index (κ2) is 2.66. The molecule has 2 rings (SSSR count). The van der Waals surface area contributed by atoms with Gasteiger partial charge in [0, 0.05) is 17.0 Å². The van der Waals surface area contributed by atoms with Crippen molar-refractivity contribution in [2.24, 2.45) is 5.92 Å². The maximum absolute atomic E-state index is 13.5. The molecule has 0 N–H and O–H groups in total. The van der Waals surface area contributed by atoms with Gasteiger partial charge in [-0.3, -0.25) is 0 Å². The number of halogens is 3. The Morgan fingerprint density at radius 3 is 2.64 bits per heavy atom. The van der Waals surface area contributed by atoms with Crippen LogP contribution >= 0.6 is 0 Å². The number of hydrogen-bond donors (Lipinski definition) is 0. The first-order chi connectivity index (χ1) is 6.44. The standard InChI is InChI=1S/C11H9F3/c1-6-3-4-8-5-7(2)11(13,14)9(8)10(6)12/h7H,5H2,1-2H3. The van der Waals surface area contributed by atoms with E-state index in [0.29, 0.717) is 0 Å². The van der Waals surface area contributed by atoms with Crippen LogP contribution in [0.1, 0.15) is 23.6 Å². The largest absolute Gasteiger partial charge is 0.279 e. The van der Waals surface area contributed by atoms with Crippen LogP contribution in [0.3, 0.4) is 0 Å². The summed E-state index contributed by atoms with van der Waals surface area (Å²) in [6.07, 6.45) is 0.177. The summed E-state index contributed by atoms with van der Waals surface area (Å²) in [4.78, 5) is 0. The van der Waals surface area contributed by atoms with Gasteiger partial charge in [0.1, 0.15) is 5.82 Å². The van der Waals surface area contributed by atoms with Gasteiger partial charge in [-0.25, -0.2) is 13.2 Å². The molecule has 74 valence electrons. The van der Waals surface area contributed by atoms with Crippen molar-refractivity contribution in [1.82, 2.24) is 0 Å². The molecular formula is C11H9F3. The molecule has 3 heteroatoms. The fourth-order valence-corrected chi connectivity index (χ4v) is 1.79. The van der Waals surface area contributed by atoms with E-state index in [9.17, 15) is 13.2 Å². The Morgan fingerprint density at radius 1 is 1.36 bits per heavy atom. The van der Waals surface area contributed by atoms with E-state index in [1.165, 1.54) is 13.8 Å². The van der Waals surface area contributed by atoms with E-state index >= 15 is 0 Å². The first-order valence-corrected chi connectivity index (χ1v) is 4.44. The summed E-state index contributed by atoms with van der Waals surface area (Å²) < 4.78 is 40.4. The molecule has 1 aliphatic rings. The topological polar surface area (TPSA) is 0 Å². The van der Waals surface area contributed by atoms with E-state index in [1.807, 2.05) is 0 Å². The van der Waals surface area contributed by atoms with E-state index < -0.39 is 23.2 Å². The van der Waals surface area contributed by atoms with Gasteiger partial charge >= 0.3 is 0 Å². The van der Waals surface area contributed by atoms with Crippen LogP contribution in [0.4, 0.5) is 13.2 Å².